The maximum Gasteiger partial charge on any atom is 0.159 e. The molecule has 2 aromatic heterocycles. The van der Waals surface area contributed by atoms with Crippen LogP contribution in [0.2, 0.25) is 0 Å². The van der Waals surface area contributed by atoms with Crippen molar-refractivity contribution in [1.29, 1.82) is 0 Å². The van der Waals surface area contributed by atoms with Crippen LogP contribution in [-0.4, -0.2) is 4.57 Å². The molecule has 286 valence electrons. The topological polar surface area (TPSA) is 21.3 Å². The second kappa shape index (κ2) is 14.3. The smallest absolute Gasteiger partial charge is 0.159 e. The van der Waals surface area contributed by atoms with Gasteiger partial charge >= 0.3 is 0 Å². The number of hydrogen-bond donors (Lipinski definition) is 0. The highest BCUT2D eigenvalue weighted by Gasteiger charge is 2.21. The average molecular weight is 779 g/mol. The van der Waals surface area contributed by atoms with Crippen LogP contribution in [0.15, 0.2) is 235 Å². The van der Waals surface area contributed by atoms with Crippen LogP contribution < -0.4 is 4.90 Å². The van der Waals surface area contributed by atoms with Gasteiger partial charge < -0.3 is 13.9 Å². The molecule has 0 N–H and O–H groups in total. The maximum atomic E-state index is 6.73. The van der Waals surface area contributed by atoms with E-state index < -0.39 is 0 Å². The van der Waals surface area contributed by atoms with Crippen LogP contribution in [0.3, 0.4) is 0 Å². The van der Waals surface area contributed by atoms with Crippen LogP contribution in [0.5, 0.6) is 0 Å². The van der Waals surface area contributed by atoms with Gasteiger partial charge in [-0.05, 0) is 117 Å². The summed E-state index contributed by atoms with van der Waals surface area (Å²) in [4.78, 5) is 2.36. The van der Waals surface area contributed by atoms with Gasteiger partial charge in [-0.15, -0.1) is 0 Å². The lowest BCUT2D eigenvalue weighted by atomic mass is 9.95. The normalized spacial score (nSPS) is 11.6. The molecule has 0 saturated carbocycles. The largest absolute Gasteiger partial charge is 0.454 e. The van der Waals surface area contributed by atoms with E-state index in [2.05, 4.69) is 234 Å². The van der Waals surface area contributed by atoms with Crippen molar-refractivity contribution in [2.75, 3.05) is 4.90 Å². The number of benzene rings is 10. The molecule has 12 aromatic rings. The summed E-state index contributed by atoms with van der Waals surface area (Å²) < 4.78 is 9.10. The van der Waals surface area contributed by atoms with Crippen molar-refractivity contribution in [3.8, 4) is 39.1 Å². The monoisotopic (exact) mass is 778 g/mol. The Morgan fingerprint density at radius 3 is 1.62 bits per heavy atom. The van der Waals surface area contributed by atoms with Gasteiger partial charge in [0, 0.05) is 38.6 Å². The third kappa shape index (κ3) is 5.98. The van der Waals surface area contributed by atoms with Gasteiger partial charge in [-0.25, -0.2) is 0 Å². The number of nitrogens with zero attached hydrogens (tertiary/aromatic N) is 2. The van der Waals surface area contributed by atoms with Crippen LogP contribution >= 0.6 is 0 Å². The lowest BCUT2D eigenvalue weighted by molar-refractivity contribution is 0.669. The van der Waals surface area contributed by atoms with Gasteiger partial charge in [0.1, 0.15) is 5.58 Å². The summed E-state index contributed by atoms with van der Waals surface area (Å²) in [6.45, 7) is 0. The molecular formula is C58H38N2O. The summed E-state index contributed by atoms with van der Waals surface area (Å²) in [5.41, 5.74) is 15.3. The van der Waals surface area contributed by atoms with E-state index in [-0.39, 0.29) is 0 Å². The van der Waals surface area contributed by atoms with E-state index in [9.17, 15) is 0 Å². The van der Waals surface area contributed by atoms with E-state index >= 15 is 0 Å². The van der Waals surface area contributed by atoms with E-state index in [1.807, 2.05) is 6.07 Å². The number of anilines is 3. The van der Waals surface area contributed by atoms with Crippen LogP contribution in [0.25, 0.3) is 93.6 Å². The zero-order valence-electron chi connectivity index (χ0n) is 33.2. The molecule has 61 heavy (non-hydrogen) atoms. The van der Waals surface area contributed by atoms with Crippen molar-refractivity contribution < 1.29 is 4.42 Å². The van der Waals surface area contributed by atoms with E-state index in [1.54, 1.807) is 0 Å². The first-order valence-electron chi connectivity index (χ1n) is 20.8. The minimum Gasteiger partial charge on any atom is -0.454 e. The van der Waals surface area contributed by atoms with Gasteiger partial charge in [0.05, 0.1) is 16.7 Å². The molecule has 0 aliphatic carbocycles. The maximum absolute atomic E-state index is 6.73. The van der Waals surface area contributed by atoms with Crippen molar-refractivity contribution >= 4 is 71.6 Å². The van der Waals surface area contributed by atoms with E-state index in [0.717, 1.165) is 72.5 Å². The lowest BCUT2D eigenvalue weighted by Crippen LogP contribution is -2.10. The highest BCUT2D eigenvalue weighted by Crippen LogP contribution is 2.45. The van der Waals surface area contributed by atoms with Gasteiger partial charge in [0.15, 0.2) is 5.58 Å². The summed E-state index contributed by atoms with van der Waals surface area (Å²) in [7, 11) is 0. The molecule has 0 aliphatic heterocycles. The van der Waals surface area contributed by atoms with Gasteiger partial charge in [0.2, 0.25) is 0 Å². The first kappa shape index (κ1) is 34.9. The van der Waals surface area contributed by atoms with E-state index in [4.69, 9.17) is 4.42 Å². The standard InChI is InChI=1S/C58H38N2O/c1-2-13-39(14-3-1)45-36-46(44-26-25-40-15-4-5-16-43(40)35-44)38-49(37-45)59(56-23-12-20-53-52-19-8-11-24-57(52)61-58(53)56)47-31-27-41(28-32-47)42-29-33-48(34-30-42)60-54-21-9-6-17-50(54)51-18-7-10-22-55(51)60/h1-38H. The Labute approximate surface area is 353 Å². The third-order valence-corrected chi connectivity index (χ3v) is 12.2. The van der Waals surface area contributed by atoms with Crippen molar-refractivity contribution in [1.82, 2.24) is 4.57 Å². The molecule has 0 radical (unpaired) electrons. The van der Waals surface area contributed by atoms with Crippen LogP contribution in [0.4, 0.5) is 17.1 Å². The Kier molecular flexibility index (Phi) is 8.17. The Morgan fingerprint density at radius 1 is 0.328 bits per heavy atom. The Bertz CT molecular complexity index is 3520. The zero-order chi connectivity index (χ0) is 40.3. The number of aromatic nitrogens is 1. The van der Waals surface area contributed by atoms with Crippen molar-refractivity contribution in [2.45, 2.75) is 0 Å². The Hall–Kier alpha value is -8.14. The third-order valence-electron chi connectivity index (χ3n) is 12.2. The molecule has 10 aromatic carbocycles. The van der Waals surface area contributed by atoms with Crippen molar-refractivity contribution in [2.24, 2.45) is 0 Å². The highest BCUT2D eigenvalue weighted by atomic mass is 16.3. The predicted molar refractivity (Wildman–Crippen MR) is 257 cm³/mol. The number of hydrogen-bond acceptors (Lipinski definition) is 2. The summed E-state index contributed by atoms with van der Waals surface area (Å²) in [6.07, 6.45) is 0. The molecule has 0 atom stereocenters. The molecule has 0 spiro atoms. The molecule has 0 unspecified atom stereocenters. The average Bonchev–Trinajstić information content (AvgIpc) is 3.89. The molecule has 0 amide bonds. The lowest BCUT2D eigenvalue weighted by Gasteiger charge is -2.27. The van der Waals surface area contributed by atoms with Crippen LogP contribution in [0.1, 0.15) is 0 Å². The fourth-order valence-corrected chi connectivity index (χ4v) is 9.22. The Morgan fingerprint density at radius 2 is 0.885 bits per heavy atom. The zero-order valence-corrected chi connectivity index (χ0v) is 33.2. The minimum absolute atomic E-state index is 0.853. The summed E-state index contributed by atoms with van der Waals surface area (Å²) >= 11 is 0. The van der Waals surface area contributed by atoms with Crippen molar-refractivity contribution in [3.05, 3.63) is 231 Å². The molecule has 3 heteroatoms. The molecule has 0 fully saturated rings. The number of furan rings is 1. The first-order chi connectivity index (χ1) is 30.2. The number of para-hydroxylation sites is 4. The van der Waals surface area contributed by atoms with E-state index in [1.165, 1.54) is 38.1 Å². The van der Waals surface area contributed by atoms with Gasteiger partial charge in [-0.2, -0.15) is 0 Å². The second-order valence-electron chi connectivity index (χ2n) is 15.7. The SMILES string of the molecule is c1ccc(-c2cc(-c3ccc4ccccc4c3)cc(N(c3ccc(-c4ccc(-n5c6ccccc6c6ccccc65)cc4)cc3)c3cccc4c3oc3ccccc34)c2)cc1. The number of rotatable bonds is 7. The minimum atomic E-state index is 0.853. The van der Waals surface area contributed by atoms with Gasteiger partial charge in [0.25, 0.3) is 0 Å². The fourth-order valence-electron chi connectivity index (χ4n) is 9.22. The fraction of sp³-hybridized carbons (Fsp3) is 0. The molecule has 3 nitrogen and oxygen atoms in total. The molecule has 0 aliphatic rings. The van der Waals surface area contributed by atoms with Crippen LogP contribution in [-0.2, 0) is 0 Å². The molecule has 0 bridgehead atoms. The summed E-state index contributed by atoms with van der Waals surface area (Å²) in [5.74, 6) is 0. The van der Waals surface area contributed by atoms with Gasteiger partial charge in [-0.3, -0.25) is 0 Å². The summed E-state index contributed by atoms with van der Waals surface area (Å²) in [5, 5.41) is 7.17. The van der Waals surface area contributed by atoms with E-state index in [0.29, 0.717) is 0 Å². The highest BCUT2D eigenvalue weighted by molar-refractivity contribution is 6.11. The van der Waals surface area contributed by atoms with Gasteiger partial charge in [-0.1, -0.05) is 158 Å². The molecule has 12 rings (SSSR count). The first-order valence-corrected chi connectivity index (χ1v) is 20.8. The Balaban J connectivity index is 1.01. The number of fused-ring (bicyclic) bond motifs is 7. The second-order valence-corrected chi connectivity index (χ2v) is 15.7. The van der Waals surface area contributed by atoms with Crippen molar-refractivity contribution in [3.63, 3.8) is 0 Å². The quantitative estimate of drug-likeness (QED) is 0.161. The molecule has 0 saturated heterocycles. The summed E-state index contributed by atoms with van der Waals surface area (Å²) in [6, 6.07) is 83.0. The van der Waals surface area contributed by atoms with Crippen LogP contribution in [0, 0.1) is 0 Å². The predicted octanol–water partition coefficient (Wildman–Crippen LogP) is 16.3. The molecular weight excluding hydrogens is 741 g/mol. The molecule has 2 heterocycles.